The summed E-state index contributed by atoms with van der Waals surface area (Å²) in [4.78, 5) is 4.03. The van der Waals surface area contributed by atoms with Crippen LogP contribution < -0.4 is 4.74 Å². The van der Waals surface area contributed by atoms with Crippen LogP contribution in [0.5, 0.6) is 11.5 Å². The normalized spacial score (nSPS) is 10.1. The molecular weight excluding hydrogens is 270 g/mol. The van der Waals surface area contributed by atoms with E-state index in [1.165, 1.54) is 0 Å². The van der Waals surface area contributed by atoms with Crippen LogP contribution in [0.25, 0.3) is 0 Å². The summed E-state index contributed by atoms with van der Waals surface area (Å²) in [6.45, 7) is 0.478. The molecule has 0 amide bonds. The van der Waals surface area contributed by atoms with Crippen molar-refractivity contribution in [2.24, 2.45) is 0 Å². The average Bonchev–Trinajstić information content (AvgIpc) is 2.28. The van der Waals surface area contributed by atoms with Crippen LogP contribution in [0.3, 0.4) is 0 Å². The van der Waals surface area contributed by atoms with E-state index in [2.05, 4.69) is 20.9 Å². The maximum Gasteiger partial charge on any atom is 0.120 e. The molecule has 1 aromatic heterocycles. The number of hydrogen-bond acceptors (Lipinski definition) is 3. The Morgan fingerprint density at radius 1 is 1.19 bits per heavy atom. The second-order valence-corrected chi connectivity index (χ2v) is 4.08. The lowest BCUT2D eigenvalue weighted by molar-refractivity contribution is 0.305. The number of pyridine rings is 1. The Morgan fingerprint density at radius 2 is 1.94 bits per heavy atom. The number of hydrogen-bond donors (Lipinski definition) is 1. The van der Waals surface area contributed by atoms with Gasteiger partial charge in [0.25, 0.3) is 0 Å². The van der Waals surface area contributed by atoms with Crippen LogP contribution in [0.4, 0.5) is 0 Å². The van der Waals surface area contributed by atoms with Crippen LogP contribution in [0.15, 0.2) is 47.2 Å². The van der Waals surface area contributed by atoms with E-state index < -0.39 is 0 Å². The molecule has 0 bridgehead atoms. The van der Waals surface area contributed by atoms with Crippen LogP contribution in [-0.4, -0.2) is 10.1 Å². The minimum Gasteiger partial charge on any atom is -0.508 e. The predicted molar refractivity (Wildman–Crippen MR) is 64.4 cm³/mol. The average molecular weight is 280 g/mol. The molecule has 0 atom stereocenters. The van der Waals surface area contributed by atoms with E-state index in [0.29, 0.717) is 6.61 Å². The molecule has 1 N–H and O–H groups in total. The van der Waals surface area contributed by atoms with Gasteiger partial charge in [-0.3, -0.25) is 0 Å². The highest BCUT2D eigenvalue weighted by atomic mass is 79.9. The second-order valence-electron chi connectivity index (χ2n) is 3.27. The van der Waals surface area contributed by atoms with Gasteiger partial charge >= 0.3 is 0 Å². The van der Waals surface area contributed by atoms with E-state index in [1.807, 2.05) is 12.1 Å². The standard InChI is InChI=1S/C12H10BrNO2/c13-12-7-9(5-6-14-12)8-16-11-3-1-10(15)2-4-11/h1-7,15H,8H2. The third kappa shape index (κ3) is 2.97. The SMILES string of the molecule is Oc1ccc(OCc2ccnc(Br)c2)cc1. The lowest BCUT2D eigenvalue weighted by Gasteiger charge is -2.06. The molecule has 4 heteroatoms. The zero-order valence-electron chi connectivity index (χ0n) is 8.43. The van der Waals surface area contributed by atoms with Crippen molar-refractivity contribution in [3.63, 3.8) is 0 Å². The molecule has 0 aliphatic rings. The molecule has 1 aromatic carbocycles. The number of halogens is 1. The lowest BCUT2D eigenvalue weighted by atomic mass is 10.3. The summed E-state index contributed by atoms with van der Waals surface area (Å²) < 4.78 is 6.33. The second kappa shape index (κ2) is 4.99. The van der Waals surface area contributed by atoms with Crippen LogP contribution in [-0.2, 0) is 6.61 Å². The molecule has 1 heterocycles. The van der Waals surface area contributed by atoms with E-state index in [9.17, 15) is 0 Å². The number of nitrogens with zero attached hydrogens (tertiary/aromatic N) is 1. The van der Waals surface area contributed by atoms with Crippen molar-refractivity contribution >= 4 is 15.9 Å². The summed E-state index contributed by atoms with van der Waals surface area (Å²) in [7, 11) is 0. The first kappa shape index (κ1) is 11.0. The smallest absolute Gasteiger partial charge is 0.120 e. The van der Waals surface area contributed by atoms with Crippen molar-refractivity contribution < 1.29 is 9.84 Å². The van der Waals surface area contributed by atoms with Gasteiger partial charge in [0.05, 0.1) is 0 Å². The van der Waals surface area contributed by atoms with Gasteiger partial charge in [0.15, 0.2) is 0 Å². The number of ether oxygens (including phenoxy) is 1. The Hall–Kier alpha value is -1.55. The molecule has 0 saturated carbocycles. The number of phenolic OH excluding ortho intramolecular Hbond substituents is 1. The molecule has 0 fully saturated rings. The number of aromatic nitrogens is 1. The summed E-state index contributed by atoms with van der Waals surface area (Å²) >= 11 is 3.30. The van der Waals surface area contributed by atoms with Crippen molar-refractivity contribution in [3.8, 4) is 11.5 Å². The molecule has 2 rings (SSSR count). The Morgan fingerprint density at radius 3 is 2.62 bits per heavy atom. The summed E-state index contributed by atoms with van der Waals surface area (Å²) in [6, 6.07) is 10.4. The van der Waals surface area contributed by atoms with E-state index in [0.717, 1.165) is 15.9 Å². The Balaban J connectivity index is 1.99. The molecule has 0 radical (unpaired) electrons. The van der Waals surface area contributed by atoms with Gasteiger partial charge in [-0.25, -0.2) is 4.98 Å². The van der Waals surface area contributed by atoms with Gasteiger partial charge in [-0.1, -0.05) is 0 Å². The summed E-state index contributed by atoms with van der Waals surface area (Å²) in [5.74, 6) is 0.963. The molecule has 0 aliphatic heterocycles. The summed E-state index contributed by atoms with van der Waals surface area (Å²) in [5.41, 5.74) is 1.04. The predicted octanol–water partition coefficient (Wildman–Crippen LogP) is 3.13. The lowest BCUT2D eigenvalue weighted by Crippen LogP contribution is -1.95. The Bertz CT molecular complexity index is 471. The third-order valence-electron chi connectivity index (χ3n) is 2.03. The molecule has 2 aromatic rings. The Kier molecular flexibility index (Phi) is 3.41. The van der Waals surface area contributed by atoms with Crippen molar-refractivity contribution in [2.45, 2.75) is 6.61 Å². The highest BCUT2D eigenvalue weighted by Crippen LogP contribution is 2.17. The fourth-order valence-electron chi connectivity index (χ4n) is 1.24. The van der Waals surface area contributed by atoms with Crippen LogP contribution >= 0.6 is 15.9 Å². The summed E-state index contributed by atoms with van der Waals surface area (Å²) in [5, 5.41) is 9.11. The fraction of sp³-hybridized carbons (Fsp3) is 0.0833. The number of aromatic hydroxyl groups is 1. The maximum atomic E-state index is 9.11. The number of rotatable bonds is 3. The number of phenols is 1. The molecular formula is C12H10BrNO2. The van der Waals surface area contributed by atoms with Gasteiger partial charge in [0.2, 0.25) is 0 Å². The van der Waals surface area contributed by atoms with Gasteiger partial charge in [-0.2, -0.15) is 0 Å². The summed E-state index contributed by atoms with van der Waals surface area (Å²) in [6.07, 6.45) is 1.72. The van der Waals surface area contributed by atoms with Gasteiger partial charge in [0.1, 0.15) is 22.7 Å². The highest BCUT2D eigenvalue weighted by molar-refractivity contribution is 9.10. The minimum atomic E-state index is 0.235. The first-order valence-corrected chi connectivity index (χ1v) is 5.55. The highest BCUT2D eigenvalue weighted by Gasteiger charge is 1.97. The van der Waals surface area contributed by atoms with E-state index >= 15 is 0 Å². The third-order valence-corrected chi connectivity index (χ3v) is 2.47. The number of benzene rings is 1. The van der Waals surface area contributed by atoms with Crippen molar-refractivity contribution in [1.29, 1.82) is 0 Å². The first-order valence-electron chi connectivity index (χ1n) is 4.76. The Labute approximate surface area is 102 Å². The van der Waals surface area contributed by atoms with Crippen LogP contribution in [0, 0.1) is 0 Å². The van der Waals surface area contributed by atoms with Gasteiger partial charge in [-0.15, -0.1) is 0 Å². The van der Waals surface area contributed by atoms with Crippen LogP contribution in [0.1, 0.15) is 5.56 Å². The zero-order valence-corrected chi connectivity index (χ0v) is 10.0. The van der Waals surface area contributed by atoms with Gasteiger partial charge < -0.3 is 9.84 Å². The minimum absolute atomic E-state index is 0.235. The maximum absolute atomic E-state index is 9.11. The molecule has 0 saturated heterocycles. The quantitative estimate of drug-likeness (QED) is 0.878. The first-order chi connectivity index (χ1) is 7.74. The molecule has 82 valence electrons. The van der Waals surface area contributed by atoms with Crippen LogP contribution in [0.2, 0.25) is 0 Å². The van der Waals surface area contributed by atoms with Gasteiger partial charge in [-0.05, 0) is 57.9 Å². The molecule has 0 unspecified atom stereocenters. The zero-order chi connectivity index (χ0) is 11.4. The fourth-order valence-corrected chi connectivity index (χ4v) is 1.65. The monoisotopic (exact) mass is 279 g/mol. The van der Waals surface area contributed by atoms with Crippen molar-refractivity contribution in [2.75, 3.05) is 0 Å². The van der Waals surface area contributed by atoms with Crippen molar-refractivity contribution in [1.82, 2.24) is 4.98 Å². The van der Waals surface area contributed by atoms with Crippen molar-refractivity contribution in [3.05, 3.63) is 52.8 Å². The van der Waals surface area contributed by atoms with E-state index in [1.54, 1.807) is 30.5 Å². The molecule has 0 aliphatic carbocycles. The largest absolute Gasteiger partial charge is 0.508 e. The molecule has 3 nitrogen and oxygen atoms in total. The molecule has 0 spiro atoms. The van der Waals surface area contributed by atoms with E-state index in [-0.39, 0.29) is 5.75 Å². The topological polar surface area (TPSA) is 42.4 Å². The van der Waals surface area contributed by atoms with E-state index in [4.69, 9.17) is 9.84 Å². The van der Waals surface area contributed by atoms with Gasteiger partial charge in [0, 0.05) is 6.20 Å². The molecule has 16 heavy (non-hydrogen) atoms.